The Morgan fingerprint density at radius 3 is 1.69 bits per heavy atom. The molecule has 0 atom stereocenters. The van der Waals surface area contributed by atoms with Crippen molar-refractivity contribution in [2.24, 2.45) is 0 Å². The number of aromatic nitrogens is 1. The largest absolute Gasteiger partial charge is 0.309 e. The zero-order chi connectivity index (χ0) is 33.9. The van der Waals surface area contributed by atoms with Crippen molar-refractivity contribution in [2.75, 3.05) is 0 Å². The first-order valence-corrected chi connectivity index (χ1v) is 18.3. The summed E-state index contributed by atoms with van der Waals surface area (Å²) in [5, 5.41) is 2.50. The highest BCUT2D eigenvalue weighted by atomic mass is 79.9. The van der Waals surface area contributed by atoms with Crippen molar-refractivity contribution in [1.82, 2.24) is 4.57 Å². The fraction of sp³-hybridized carbons (Fsp3) is 0.0204. The summed E-state index contributed by atoms with van der Waals surface area (Å²) in [5.74, 6) is 0. The molecule has 0 fully saturated rings. The van der Waals surface area contributed by atoms with Gasteiger partial charge < -0.3 is 4.57 Å². The van der Waals surface area contributed by atoms with Crippen LogP contribution >= 0.6 is 15.9 Å². The lowest BCUT2D eigenvalue weighted by molar-refractivity contribution is 0.768. The molecule has 1 aromatic heterocycles. The summed E-state index contributed by atoms with van der Waals surface area (Å²) >= 11 is 3.70. The van der Waals surface area contributed by atoms with Crippen molar-refractivity contribution in [2.45, 2.75) is 5.41 Å². The third kappa shape index (κ3) is 4.46. The van der Waals surface area contributed by atoms with E-state index in [4.69, 9.17) is 0 Å². The number of halogens is 1. The number of rotatable bonds is 5. The molecule has 0 radical (unpaired) electrons. The Morgan fingerprint density at radius 1 is 0.392 bits per heavy atom. The SMILES string of the molecule is Brc1cccc(-c2ccccc2-c2ccc3c4ccccc4n(-c4cccc5c4-c4ccccc4C5(c4ccccc4)c4ccccc4)c3c2)c1. The molecule has 0 aliphatic heterocycles. The lowest BCUT2D eigenvalue weighted by Crippen LogP contribution is -2.28. The average Bonchev–Trinajstić information content (AvgIpc) is 3.69. The maximum absolute atomic E-state index is 3.70. The van der Waals surface area contributed by atoms with Gasteiger partial charge in [-0.05, 0) is 80.4 Å². The second-order valence-corrected chi connectivity index (χ2v) is 14.3. The maximum Gasteiger partial charge on any atom is 0.0714 e. The van der Waals surface area contributed by atoms with Crippen LogP contribution < -0.4 is 0 Å². The van der Waals surface area contributed by atoms with Crippen LogP contribution in [0.25, 0.3) is 60.9 Å². The predicted octanol–water partition coefficient (Wildman–Crippen LogP) is 13.2. The molecule has 0 saturated carbocycles. The Balaban J connectivity index is 1.29. The van der Waals surface area contributed by atoms with Gasteiger partial charge in [0.2, 0.25) is 0 Å². The van der Waals surface area contributed by atoms with Gasteiger partial charge in [-0.15, -0.1) is 0 Å². The van der Waals surface area contributed by atoms with Gasteiger partial charge in [0.25, 0.3) is 0 Å². The summed E-state index contributed by atoms with van der Waals surface area (Å²) < 4.78 is 3.59. The minimum atomic E-state index is -0.461. The molecule has 0 saturated heterocycles. The van der Waals surface area contributed by atoms with E-state index < -0.39 is 5.41 Å². The van der Waals surface area contributed by atoms with E-state index >= 15 is 0 Å². The van der Waals surface area contributed by atoms with Crippen molar-refractivity contribution < 1.29 is 0 Å². The van der Waals surface area contributed by atoms with E-state index in [0.717, 1.165) is 4.47 Å². The Morgan fingerprint density at radius 2 is 0.961 bits per heavy atom. The number of nitrogens with zero attached hydrogens (tertiary/aromatic N) is 1. The standard InChI is InChI=1S/C49H32BrN/c50-37-20-13-15-33(31-37)38-21-7-8-22-39(38)34-29-30-41-40-23-10-12-27-45(40)51(47(41)32-34)46-28-14-26-44-48(46)42-24-9-11-25-43(42)49(44,35-16-3-1-4-17-35)36-18-5-2-6-19-36/h1-32H. The van der Waals surface area contributed by atoms with Crippen LogP contribution in [0.1, 0.15) is 22.3 Å². The van der Waals surface area contributed by atoms with Crippen LogP contribution in [0.5, 0.6) is 0 Å². The Kier molecular flexibility index (Phi) is 6.94. The Labute approximate surface area is 306 Å². The molecule has 0 bridgehead atoms. The minimum absolute atomic E-state index is 0.461. The van der Waals surface area contributed by atoms with Crippen LogP contribution in [-0.2, 0) is 5.41 Å². The molecule has 0 unspecified atom stereocenters. The zero-order valence-electron chi connectivity index (χ0n) is 27.8. The van der Waals surface area contributed by atoms with Gasteiger partial charge in [-0.1, -0.05) is 180 Å². The third-order valence-corrected chi connectivity index (χ3v) is 11.2. The molecular weight excluding hydrogens is 682 g/mol. The molecule has 1 nitrogen and oxygen atoms in total. The van der Waals surface area contributed by atoms with Gasteiger partial charge in [-0.25, -0.2) is 0 Å². The van der Waals surface area contributed by atoms with Crippen LogP contribution in [-0.4, -0.2) is 4.57 Å². The molecule has 0 spiro atoms. The zero-order valence-corrected chi connectivity index (χ0v) is 29.4. The topological polar surface area (TPSA) is 4.93 Å². The first-order chi connectivity index (χ1) is 25.2. The van der Waals surface area contributed by atoms with E-state index in [1.807, 2.05) is 0 Å². The first-order valence-electron chi connectivity index (χ1n) is 17.5. The van der Waals surface area contributed by atoms with E-state index in [9.17, 15) is 0 Å². The molecule has 0 amide bonds. The summed E-state index contributed by atoms with van der Waals surface area (Å²) in [5.41, 5.74) is 15.7. The number of benzene rings is 8. The Bertz CT molecular complexity index is 2720. The van der Waals surface area contributed by atoms with Crippen LogP contribution in [0.4, 0.5) is 0 Å². The van der Waals surface area contributed by atoms with Gasteiger partial charge in [0.1, 0.15) is 0 Å². The average molecular weight is 715 g/mol. The summed E-state index contributed by atoms with van der Waals surface area (Å²) in [6.45, 7) is 0. The Hall–Kier alpha value is -5.96. The fourth-order valence-electron chi connectivity index (χ4n) is 8.70. The summed E-state index contributed by atoms with van der Waals surface area (Å²) in [7, 11) is 0. The van der Waals surface area contributed by atoms with Gasteiger partial charge in [-0.2, -0.15) is 0 Å². The van der Waals surface area contributed by atoms with Crippen molar-refractivity contribution in [1.29, 1.82) is 0 Å². The van der Waals surface area contributed by atoms with Crippen molar-refractivity contribution in [3.05, 3.63) is 221 Å². The third-order valence-electron chi connectivity index (χ3n) is 10.7. The maximum atomic E-state index is 3.70. The fourth-order valence-corrected chi connectivity index (χ4v) is 9.10. The van der Waals surface area contributed by atoms with Crippen LogP contribution in [0.15, 0.2) is 199 Å². The van der Waals surface area contributed by atoms with E-state index in [0.29, 0.717) is 0 Å². The van der Waals surface area contributed by atoms with Crippen molar-refractivity contribution in [3.8, 4) is 39.1 Å². The number of para-hydroxylation sites is 1. The van der Waals surface area contributed by atoms with Crippen molar-refractivity contribution >= 4 is 37.7 Å². The van der Waals surface area contributed by atoms with Gasteiger partial charge in [0.15, 0.2) is 0 Å². The molecule has 1 aliphatic rings. The van der Waals surface area contributed by atoms with Crippen LogP contribution in [0.2, 0.25) is 0 Å². The molecule has 51 heavy (non-hydrogen) atoms. The first kappa shape index (κ1) is 29.9. The summed E-state index contributed by atoms with van der Waals surface area (Å²) in [6.07, 6.45) is 0. The number of fused-ring (bicyclic) bond motifs is 6. The molecule has 1 heterocycles. The van der Waals surface area contributed by atoms with Gasteiger partial charge >= 0.3 is 0 Å². The highest BCUT2D eigenvalue weighted by Crippen LogP contribution is 2.58. The van der Waals surface area contributed by atoms with E-state index in [1.54, 1.807) is 0 Å². The summed E-state index contributed by atoms with van der Waals surface area (Å²) in [6, 6.07) is 71.2. The molecule has 10 rings (SSSR count). The number of hydrogen-bond acceptors (Lipinski definition) is 0. The van der Waals surface area contributed by atoms with Gasteiger partial charge in [0.05, 0.1) is 22.1 Å². The number of hydrogen-bond donors (Lipinski definition) is 0. The lowest BCUT2D eigenvalue weighted by atomic mass is 9.68. The van der Waals surface area contributed by atoms with E-state index in [2.05, 4.69) is 215 Å². The molecule has 2 heteroatoms. The van der Waals surface area contributed by atoms with Gasteiger partial charge in [0, 0.05) is 20.8 Å². The predicted molar refractivity (Wildman–Crippen MR) is 217 cm³/mol. The van der Waals surface area contributed by atoms with Crippen LogP contribution in [0.3, 0.4) is 0 Å². The quantitative estimate of drug-likeness (QED) is 0.167. The molecule has 9 aromatic rings. The molecule has 240 valence electrons. The monoisotopic (exact) mass is 713 g/mol. The molecule has 0 N–H and O–H groups in total. The highest BCUT2D eigenvalue weighted by molar-refractivity contribution is 9.10. The van der Waals surface area contributed by atoms with Crippen LogP contribution in [0, 0.1) is 0 Å². The highest BCUT2D eigenvalue weighted by Gasteiger charge is 2.47. The molecule has 1 aliphatic carbocycles. The van der Waals surface area contributed by atoms with E-state index in [-0.39, 0.29) is 0 Å². The summed E-state index contributed by atoms with van der Waals surface area (Å²) in [4.78, 5) is 0. The van der Waals surface area contributed by atoms with Crippen molar-refractivity contribution in [3.63, 3.8) is 0 Å². The lowest BCUT2D eigenvalue weighted by Gasteiger charge is -2.34. The minimum Gasteiger partial charge on any atom is -0.309 e. The smallest absolute Gasteiger partial charge is 0.0714 e. The van der Waals surface area contributed by atoms with Gasteiger partial charge in [-0.3, -0.25) is 0 Å². The second-order valence-electron chi connectivity index (χ2n) is 13.4. The molecular formula is C49H32BrN. The molecule has 8 aromatic carbocycles. The van der Waals surface area contributed by atoms with E-state index in [1.165, 1.54) is 83.1 Å². The normalized spacial score (nSPS) is 13.0. The second kappa shape index (κ2) is 11.8.